The van der Waals surface area contributed by atoms with Crippen molar-refractivity contribution in [2.45, 2.75) is 51.7 Å². The smallest absolute Gasteiger partial charge is 0.321 e. The topological polar surface area (TPSA) is 79.0 Å². The van der Waals surface area contributed by atoms with Gasteiger partial charge in [0.2, 0.25) is 10.0 Å². The molecule has 0 bridgehead atoms. The van der Waals surface area contributed by atoms with Gasteiger partial charge in [-0.05, 0) is 62.8 Å². The maximum atomic E-state index is 12.5. The van der Waals surface area contributed by atoms with Crippen molar-refractivity contribution in [1.82, 2.24) is 9.21 Å². The van der Waals surface area contributed by atoms with E-state index in [1.54, 1.807) is 0 Å². The average Bonchev–Trinajstić information content (AvgIpc) is 2.61. The first-order valence-electron chi connectivity index (χ1n) is 9.95. The Balaban J connectivity index is 1.42. The van der Waals surface area contributed by atoms with E-state index >= 15 is 0 Å². The molecule has 7 nitrogen and oxygen atoms in total. The number of nitrogens with one attached hydrogen (secondary N) is 1. The predicted molar refractivity (Wildman–Crippen MR) is 110 cm³/mol. The second kappa shape index (κ2) is 8.80. The first-order chi connectivity index (χ1) is 13.2. The van der Waals surface area contributed by atoms with E-state index in [2.05, 4.69) is 11.4 Å². The van der Waals surface area contributed by atoms with Crippen LogP contribution < -0.4 is 5.32 Å². The fraction of sp³-hybridized carbons (Fsp3) is 0.650. The van der Waals surface area contributed by atoms with E-state index in [1.807, 2.05) is 30.9 Å². The molecule has 3 rings (SSSR count). The summed E-state index contributed by atoms with van der Waals surface area (Å²) in [5.41, 5.74) is 3.09. The van der Waals surface area contributed by atoms with E-state index in [0.717, 1.165) is 42.5 Å². The molecule has 0 aliphatic carbocycles. The van der Waals surface area contributed by atoms with E-state index in [4.69, 9.17) is 4.74 Å². The molecule has 0 saturated carbocycles. The molecule has 0 aromatic heterocycles. The van der Waals surface area contributed by atoms with Crippen LogP contribution in [-0.4, -0.2) is 68.3 Å². The van der Waals surface area contributed by atoms with Gasteiger partial charge in [-0.3, -0.25) is 0 Å². The summed E-state index contributed by atoms with van der Waals surface area (Å²) >= 11 is 0. The lowest BCUT2D eigenvalue weighted by Gasteiger charge is -2.36. The van der Waals surface area contributed by atoms with Gasteiger partial charge in [0.15, 0.2) is 0 Å². The Morgan fingerprint density at radius 3 is 1.96 bits per heavy atom. The van der Waals surface area contributed by atoms with Gasteiger partial charge in [0.05, 0.1) is 18.5 Å². The second-order valence-corrected chi connectivity index (χ2v) is 9.97. The van der Waals surface area contributed by atoms with Crippen LogP contribution in [0.15, 0.2) is 18.2 Å². The number of amides is 2. The molecule has 1 N–H and O–H groups in total. The minimum atomic E-state index is -3.10. The van der Waals surface area contributed by atoms with Crippen molar-refractivity contribution in [1.29, 1.82) is 0 Å². The van der Waals surface area contributed by atoms with Crippen LogP contribution in [0.5, 0.6) is 0 Å². The number of carbonyl (C=O) groups excluding carboxylic acids is 1. The highest BCUT2D eigenvalue weighted by molar-refractivity contribution is 7.88. The van der Waals surface area contributed by atoms with Crippen LogP contribution in [0.4, 0.5) is 10.5 Å². The zero-order valence-electron chi connectivity index (χ0n) is 17.0. The number of likely N-dealkylation sites (tertiary alicyclic amines) is 1. The molecule has 1 aromatic rings. The summed E-state index contributed by atoms with van der Waals surface area (Å²) in [5.74, 6) is 0. The second-order valence-electron chi connectivity index (χ2n) is 7.99. The van der Waals surface area contributed by atoms with Crippen molar-refractivity contribution >= 4 is 21.7 Å². The van der Waals surface area contributed by atoms with Crippen molar-refractivity contribution in [3.63, 3.8) is 0 Å². The molecule has 0 unspecified atom stereocenters. The van der Waals surface area contributed by atoms with E-state index in [-0.39, 0.29) is 18.2 Å². The maximum Gasteiger partial charge on any atom is 0.321 e. The van der Waals surface area contributed by atoms with Crippen LogP contribution in [0.3, 0.4) is 0 Å². The molecule has 28 heavy (non-hydrogen) atoms. The molecule has 0 spiro atoms. The highest BCUT2D eigenvalue weighted by atomic mass is 32.2. The zero-order chi connectivity index (χ0) is 20.3. The summed E-state index contributed by atoms with van der Waals surface area (Å²) in [7, 11) is -3.10. The number of hydrogen-bond acceptors (Lipinski definition) is 4. The third-order valence-electron chi connectivity index (χ3n) is 5.46. The lowest BCUT2D eigenvalue weighted by molar-refractivity contribution is -0.0542. The number of anilines is 1. The third kappa shape index (κ3) is 5.68. The first-order valence-corrected chi connectivity index (χ1v) is 11.8. The Hall–Kier alpha value is -1.64. The number of rotatable bonds is 4. The summed E-state index contributed by atoms with van der Waals surface area (Å²) in [6, 6.07) is 5.97. The highest BCUT2D eigenvalue weighted by Gasteiger charge is 2.29. The van der Waals surface area contributed by atoms with Gasteiger partial charge in [-0.25, -0.2) is 17.5 Å². The normalized spacial score (nSPS) is 20.3. The summed E-state index contributed by atoms with van der Waals surface area (Å²) in [6.45, 7) is 6.44. The monoisotopic (exact) mass is 409 g/mol. The number of sulfonamides is 1. The van der Waals surface area contributed by atoms with E-state index in [1.165, 1.54) is 10.6 Å². The highest BCUT2D eigenvalue weighted by Crippen LogP contribution is 2.22. The van der Waals surface area contributed by atoms with E-state index in [9.17, 15) is 13.2 Å². The van der Waals surface area contributed by atoms with Crippen molar-refractivity contribution < 1.29 is 17.9 Å². The van der Waals surface area contributed by atoms with E-state index < -0.39 is 10.0 Å². The van der Waals surface area contributed by atoms with Gasteiger partial charge in [0, 0.05) is 31.9 Å². The minimum Gasteiger partial charge on any atom is -0.375 e. The first kappa shape index (κ1) is 21.1. The SMILES string of the molecule is Cc1cc(C)cc(NC(=O)N2CCC(OC3CCN(S(C)(=O)=O)CC3)CC2)c1. The molecule has 8 heteroatoms. The molecule has 156 valence electrons. The van der Waals surface area contributed by atoms with Gasteiger partial charge >= 0.3 is 6.03 Å². The van der Waals surface area contributed by atoms with Crippen LogP contribution in [-0.2, 0) is 14.8 Å². The quantitative estimate of drug-likeness (QED) is 0.829. The number of hydrogen-bond donors (Lipinski definition) is 1. The number of carbonyl (C=O) groups is 1. The largest absolute Gasteiger partial charge is 0.375 e. The summed E-state index contributed by atoms with van der Waals surface area (Å²) in [4.78, 5) is 14.4. The summed E-state index contributed by atoms with van der Waals surface area (Å²) in [6.07, 6.45) is 4.60. The third-order valence-corrected chi connectivity index (χ3v) is 6.76. The fourth-order valence-electron chi connectivity index (χ4n) is 4.02. The Morgan fingerprint density at radius 2 is 1.46 bits per heavy atom. The molecule has 1 aromatic carbocycles. The Morgan fingerprint density at radius 1 is 0.964 bits per heavy atom. The average molecular weight is 410 g/mol. The van der Waals surface area contributed by atoms with Crippen LogP contribution in [0, 0.1) is 13.8 Å². The molecule has 2 fully saturated rings. The van der Waals surface area contributed by atoms with Gasteiger partial charge in [0.25, 0.3) is 0 Å². The van der Waals surface area contributed by atoms with Crippen molar-refractivity contribution in [2.24, 2.45) is 0 Å². The lowest BCUT2D eigenvalue weighted by atomic mass is 10.1. The number of benzene rings is 1. The Kier molecular flexibility index (Phi) is 6.62. The zero-order valence-corrected chi connectivity index (χ0v) is 17.8. The Labute approximate surface area is 168 Å². The number of piperidine rings is 2. The molecule has 0 atom stereocenters. The number of nitrogens with zero attached hydrogens (tertiary/aromatic N) is 2. The molecule has 0 radical (unpaired) electrons. The van der Waals surface area contributed by atoms with Crippen molar-refractivity contribution in [3.05, 3.63) is 29.3 Å². The minimum absolute atomic E-state index is 0.0649. The van der Waals surface area contributed by atoms with Gasteiger partial charge in [-0.15, -0.1) is 0 Å². The maximum absolute atomic E-state index is 12.5. The van der Waals surface area contributed by atoms with Crippen LogP contribution in [0.2, 0.25) is 0 Å². The lowest BCUT2D eigenvalue weighted by Crippen LogP contribution is -2.45. The van der Waals surface area contributed by atoms with Gasteiger partial charge < -0.3 is 15.0 Å². The van der Waals surface area contributed by atoms with Crippen LogP contribution in [0.25, 0.3) is 0 Å². The van der Waals surface area contributed by atoms with Crippen LogP contribution >= 0.6 is 0 Å². The molecule has 2 heterocycles. The summed E-state index contributed by atoms with van der Waals surface area (Å²) in [5, 5.41) is 2.99. The standard InChI is InChI=1S/C20H31N3O4S/c1-15-12-16(2)14-17(13-15)21-20(24)22-8-4-18(5-9-22)27-19-6-10-23(11-7-19)28(3,25)26/h12-14,18-19H,4-11H2,1-3H3,(H,21,24). The molecule has 2 amide bonds. The molecule has 2 aliphatic rings. The Bertz CT molecular complexity index is 775. The fourth-order valence-corrected chi connectivity index (χ4v) is 4.89. The predicted octanol–water partition coefficient (Wildman–Crippen LogP) is 2.74. The number of aryl methyl sites for hydroxylation is 2. The molecule has 2 aliphatic heterocycles. The van der Waals surface area contributed by atoms with E-state index in [0.29, 0.717) is 26.2 Å². The van der Waals surface area contributed by atoms with Crippen molar-refractivity contribution in [2.75, 3.05) is 37.8 Å². The van der Waals surface area contributed by atoms with Crippen molar-refractivity contribution in [3.8, 4) is 0 Å². The van der Waals surface area contributed by atoms with Gasteiger partial charge in [-0.1, -0.05) is 6.07 Å². The van der Waals surface area contributed by atoms with Gasteiger partial charge in [0.1, 0.15) is 0 Å². The van der Waals surface area contributed by atoms with Crippen LogP contribution in [0.1, 0.15) is 36.8 Å². The number of urea groups is 1. The van der Waals surface area contributed by atoms with Gasteiger partial charge in [-0.2, -0.15) is 0 Å². The molecule has 2 saturated heterocycles. The summed E-state index contributed by atoms with van der Waals surface area (Å²) < 4.78 is 30.9. The molecular formula is C20H31N3O4S. The molecular weight excluding hydrogens is 378 g/mol. The number of ether oxygens (including phenoxy) is 1.